The van der Waals surface area contributed by atoms with E-state index in [2.05, 4.69) is 25.8 Å². The van der Waals surface area contributed by atoms with Gasteiger partial charge < -0.3 is 10.6 Å². The number of alkyl halides is 5. The van der Waals surface area contributed by atoms with E-state index in [1.807, 2.05) is 6.92 Å². The van der Waals surface area contributed by atoms with E-state index in [1.165, 1.54) is 21.5 Å². The molecule has 1 saturated carbocycles. The molecule has 2 amide bonds. The summed E-state index contributed by atoms with van der Waals surface area (Å²) in [5, 5.41) is 13.9. The summed E-state index contributed by atoms with van der Waals surface area (Å²) in [6.07, 6.45) is -2.20. The summed E-state index contributed by atoms with van der Waals surface area (Å²) in [4.78, 5) is 30.1. The molecule has 0 bridgehead atoms. The van der Waals surface area contributed by atoms with Crippen LogP contribution in [0.25, 0.3) is 5.65 Å². The lowest BCUT2D eigenvalue weighted by molar-refractivity contribution is -0.183. The van der Waals surface area contributed by atoms with Crippen LogP contribution >= 0.6 is 11.6 Å². The van der Waals surface area contributed by atoms with Crippen molar-refractivity contribution in [3.05, 3.63) is 46.6 Å². The molecule has 41 heavy (non-hydrogen) atoms. The summed E-state index contributed by atoms with van der Waals surface area (Å²) in [6.45, 7) is 1.82. The Kier molecular flexibility index (Phi) is 7.96. The molecule has 0 aromatic carbocycles. The number of hydrogen-bond acceptors (Lipinski definition) is 5. The quantitative estimate of drug-likeness (QED) is 0.380. The summed E-state index contributed by atoms with van der Waals surface area (Å²) in [6, 6.07) is 2.32. The van der Waals surface area contributed by atoms with Crippen molar-refractivity contribution >= 4 is 29.1 Å². The molecule has 0 spiro atoms. The highest BCUT2D eigenvalue weighted by Crippen LogP contribution is 2.41. The van der Waals surface area contributed by atoms with Crippen molar-refractivity contribution in [3.8, 4) is 0 Å². The van der Waals surface area contributed by atoms with Gasteiger partial charge >= 0.3 is 6.18 Å². The van der Waals surface area contributed by atoms with Gasteiger partial charge in [0, 0.05) is 50.5 Å². The van der Waals surface area contributed by atoms with Gasteiger partial charge in [-0.25, -0.2) is 18.3 Å². The molecule has 2 unspecified atom stereocenters. The van der Waals surface area contributed by atoms with E-state index in [4.69, 9.17) is 11.6 Å². The van der Waals surface area contributed by atoms with Gasteiger partial charge in [0.1, 0.15) is 5.69 Å². The maximum absolute atomic E-state index is 14.0. The molecule has 2 fully saturated rings. The molecule has 3 aromatic rings. The molecule has 2 aliphatic rings. The lowest BCUT2D eigenvalue weighted by Gasteiger charge is -2.33. The van der Waals surface area contributed by atoms with Crippen LogP contribution in [-0.2, 0) is 17.8 Å². The van der Waals surface area contributed by atoms with Gasteiger partial charge in [-0.1, -0.05) is 11.6 Å². The Morgan fingerprint density at radius 3 is 2.71 bits per heavy atom. The zero-order chi connectivity index (χ0) is 29.5. The lowest BCUT2D eigenvalue weighted by Crippen LogP contribution is -2.47. The van der Waals surface area contributed by atoms with Gasteiger partial charge in [-0.15, -0.1) is 0 Å². The fourth-order valence-corrected chi connectivity index (χ4v) is 5.84. The van der Waals surface area contributed by atoms with Crippen LogP contribution in [0, 0.1) is 17.8 Å². The highest BCUT2D eigenvalue weighted by molar-refractivity contribution is 6.31. The first-order chi connectivity index (χ1) is 19.3. The first-order valence-corrected chi connectivity index (χ1v) is 13.8. The molecule has 1 aliphatic carbocycles. The van der Waals surface area contributed by atoms with Crippen LogP contribution in [0.2, 0.25) is 5.02 Å². The van der Waals surface area contributed by atoms with Crippen molar-refractivity contribution < 1.29 is 31.5 Å². The molecule has 5 rings (SSSR count). The minimum Gasteiger partial charge on any atom is -0.355 e. The van der Waals surface area contributed by atoms with E-state index in [0.29, 0.717) is 23.6 Å². The van der Waals surface area contributed by atoms with Gasteiger partial charge in [0.2, 0.25) is 11.8 Å². The van der Waals surface area contributed by atoms with Crippen molar-refractivity contribution in [2.24, 2.45) is 17.8 Å². The number of rotatable bonds is 7. The van der Waals surface area contributed by atoms with Crippen LogP contribution in [0.15, 0.2) is 24.5 Å². The topological polar surface area (TPSA) is 106 Å². The average molecular weight is 602 g/mol. The monoisotopic (exact) mass is 601 g/mol. The molecule has 3 atom stereocenters. The molecule has 0 radical (unpaired) electrons. The van der Waals surface area contributed by atoms with Gasteiger partial charge in [-0.05, 0) is 38.2 Å². The Labute approximate surface area is 236 Å². The molecule has 3 aromatic heterocycles. The van der Waals surface area contributed by atoms with E-state index in [9.17, 15) is 31.5 Å². The van der Waals surface area contributed by atoms with E-state index in [1.54, 1.807) is 12.3 Å². The van der Waals surface area contributed by atoms with Gasteiger partial charge in [-0.3, -0.25) is 14.3 Å². The van der Waals surface area contributed by atoms with Crippen molar-refractivity contribution in [1.82, 2.24) is 35.0 Å². The molecule has 15 heteroatoms. The number of nitrogens with zero attached hydrogens (tertiary/aromatic N) is 5. The van der Waals surface area contributed by atoms with Crippen LogP contribution in [-0.4, -0.2) is 54.8 Å². The van der Waals surface area contributed by atoms with Crippen LogP contribution in [0.1, 0.15) is 66.9 Å². The molecule has 4 heterocycles. The Hall–Kier alpha value is -3.29. The predicted molar refractivity (Wildman–Crippen MR) is 137 cm³/mol. The third-order valence-electron chi connectivity index (χ3n) is 7.95. The fraction of sp³-hybridized carbons (Fsp3) is 0.577. The number of carbonyl (C=O) groups is 2. The average Bonchev–Trinajstić information content (AvgIpc) is 3.55. The second kappa shape index (κ2) is 11.2. The van der Waals surface area contributed by atoms with Crippen LogP contribution < -0.4 is 10.6 Å². The van der Waals surface area contributed by atoms with Crippen molar-refractivity contribution in [1.29, 1.82) is 0 Å². The number of hydrogen-bond donors (Lipinski definition) is 2. The molecule has 1 saturated heterocycles. The second-order valence-electron chi connectivity index (χ2n) is 10.7. The maximum atomic E-state index is 14.0. The summed E-state index contributed by atoms with van der Waals surface area (Å²) in [7, 11) is 0. The number of piperidine rings is 1. The highest BCUT2D eigenvalue weighted by atomic mass is 35.5. The summed E-state index contributed by atoms with van der Waals surface area (Å²) < 4.78 is 70.7. The molecule has 1 aliphatic heterocycles. The Morgan fingerprint density at radius 1 is 1.29 bits per heavy atom. The van der Waals surface area contributed by atoms with Crippen LogP contribution in [0.3, 0.4) is 0 Å². The number of fused-ring (bicyclic) bond motifs is 1. The molecular formula is C26H29ClF5N7O2. The van der Waals surface area contributed by atoms with Gasteiger partial charge in [-0.2, -0.15) is 23.4 Å². The number of halogens is 6. The molecular weight excluding hydrogens is 573 g/mol. The largest absolute Gasteiger partial charge is 0.393 e. The van der Waals surface area contributed by atoms with E-state index in [0.717, 1.165) is 0 Å². The summed E-state index contributed by atoms with van der Waals surface area (Å²) in [5.41, 5.74) is 1.21. The van der Waals surface area contributed by atoms with Crippen LogP contribution in [0.5, 0.6) is 0 Å². The minimum absolute atomic E-state index is 0.112. The number of imidazole rings is 1. The smallest absolute Gasteiger partial charge is 0.355 e. The Bertz CT molecular complexity index is 1430. The SMILES string of the molecule is CCn1nccc1C(=O)NC(c1cn2nc(CC3C[C@H](C(F)(F)F)CNC3=O)c(Cl)cc2n1)C1CCC(F)(F)CC1. The number of amides is 2. The molecule has 222 valence electrons. The second-order valence-corrected chi connectivity index (χ2v) is 11.1. The fourth-order valence-electron chi connectivity index (χ4n) is 5.63. The number of aromatic nitrogens is 5. The van der Waals surface area contributed by atoms with Crippen molar-refractivity contribution in [2.45, 2.75) is 70.1 Å². The van der Waals surface area contributed by atoms with Crippen molar-refractivity contribution in [2.75, 3.05) is 6.54 Å². The number of nitrogens with one attached hydrogen (secondary N) is 2. The molecule has 9 nitrogen and oxygen atoms in total. The first-order valence-electron chi connectivity index (χ1n) is 13.4. The first kappa shape index (κ1) is 29.2. The van der Waals surface area contributed by atoms with E-state index in [-0.39, 0.29) is 55.2 Å². The van der Waals surface area contributed by atoms with Gasteiger partial charge in [0.05, 0.1) is 34.6 Å². The molecule has 2 N–H and O–H groups in total. The third kappa shape index (κ3) is 6.31. The Morgan fingerprint density at radius 2 is 2.02 bits per heavy atom. The van der Waals surface area contributed by atoms with Gasteiger partial charge in [0.25, 0.3) is 5.91 Å². The highest BCUT2D eigenvalue weighted by Gasteiger charge is 2.45. The summed E-state index contributed by atoms with van der Waals surface area (Å²) >= 11 is 6.42. The maximum Gasteiger partial charge on any atom is 0.393 e. The Balaban J connectivity index is 1.43. The number of carbonyl (C=O) groups excluding carboxylic acids is 2. The van der Waals surface area contributed by atoms with E-state index >= 15 is 0 Å². The number of aryl methyl sites for hydroxylation is 1. The van der Waals surface area contributed by atoms with E-state index < -0.39 is 48.3 Å². The zero-order valence-corrected chi connectivity index (χ0v) is 22.9. The van der Waals surface area contributed by atoms with Crippen molar-refractivity contribution in [3.63, 3.8) is 0 Å². The zero-order valence-electron chi connectivity index (χ0n) is 22.1. The summed E-state index contributed by atoms with van der Waals surface area (Å²) in [5.74, 6) is -6.67. The third-order valence-corrected chi connectivity index (χ3v) is 8.27. The normalized spacial score (nSPS) is 22.5. The minimum atomic E-state index is -4.44. The van der Waals surface area contributed by atoms with Crippen LogP contribution in [0.4, 0.5) is 22.0 Å². The lowest BCUT2D eigenvalue weighted by atomic mass is 9.81. The standard InChI is InChI=1S/C26H29ClF5N7O2/c1-2-38-20(5-8-34-38)24(41)36-22(14-3-6-25(28,29)7-4-14)19-13-39-21(35-19)11-17(27)18(37-39)10-15-9-16(26(30,31)32)12-33-23(15)40/h5,8,11,13-16,22H,2-4,6-7,9-10,12H2,1H3,(H,33,40)(H,36,41)/t15?,16-,22?/m0/s1. The predicted octanol–water partition coefficient (Wildman–Crippen LogP) is 4.75. The van der Waals surface area contributed by atoms with Gasteiger partial charge in [0.15, 0.2) is 5.65 Å².